The largest absolute Gasteiger partial charge is 0.494 e. The minimum Gasteiger partial charge on any atom is -0.494 e. The second-order valence-corrected chi connectivity index (χ2v) is 7.21. The summed E-state index contributed by atoms with van der Waals surface area (Å²) < 4.78 is 32.9. The number of hydrogen-bond donors (Lipinski definition) is 1. The van der Waals surface area contributed by atoms with E-state index in [2.05, 4.69) is 4.72 Å². The summed E-state index contributed by atoms with van der Waals surface area (Å²) in [5.41, 5.74) is 1.39. The van der Waals surface area contributed by atoms with Gasteiger partial charge in [0.05, 0.1) is 18.5 Å². The zero-order valence-electron chi connectivity index (χ0n) is 12.2. The second kappa shape index (κ2) is 6.36. The van der Waals surface area contributed by atoms with Gasteiger partial charge in [0.2, 0.25) is 0 Å². The van der Waals surface area contributed by atoms with Gasteiger partial charge in [0.1, 0.15) is 5.75 Å². The summed E-state index contributed by atoms with van der Waals surface area (Å²) in [6.07, 6.45) is 0. The fourth-order valence-electron chi connectivity index (χ4n) is 1.89. The third-order valence-electron chi connectivity index (χ3n) is 3.09. The van der Waals surface area contributed by atoms with Crippen LogP contribution >= 0.6 is 11.3 Å². The predicted octanol–water partition coefficient (Wildman–Crippen LogP) is 3.01. The van der Waals surface area contributed by atoms with E-state index in [-0.39, 0.29) is 4.21 Å². The Kier molecular flexibility index (Phi) is 4.74. The molecular formula is C14H18N2O3S2. The molecule has 1 aromatic carbocycles. The highest BCUT2D eigenvalue weighted by molar-refractivity contribution is 7.94. The summed E-state index contributed by atoms with van der Waals surface area (Å²) in [5, 5.41) is 1.69. The molecule has 0 spiro atoms. The second-order valence-electron chi connectivity index (χ2n) is 4.41. The van der Waals surface area contributed by atoms with Gasteiger partial charge < -0.3 is 9.64 Å². The third-order valence-corrected chi connectivity index (χ3v) is 5.91. The maximum absolute atomic E-state index is 12.5. The van der Waals surface area contributed by atoms with E-state index in [0.717, 1.165) is 23.6 Å². The molecule has 21 heavy (non-hydrogen) atoms. The van der Waals surface area contributed by atoms with E-state index in [4.69, 9.17) is 4.74 Å². The summed E-state index contributed by atoms with van der Waals surface area (Å²) in [7, 11) is -0.286. The number of rotatable bonds is 6. The van der Waals surface area contributed by atoms with Gasteiger partial charge in [0.15, 0.2) is 4.21 Å². The molecule has 0 saturated heterocycles. The molecule has 0 aliphatic heterocycles. The molecule has 114 valence electrons. The lowest BCUT2D eigenvalue weighted by molar-refractivity contribution is 0.406. The molecule has 5 nitrogen and oxygen atoms in total. The maximum Gasteiger partial charge on any atom is 0.275 e. The van der Waals surface area contributed by atoms with Crippen molar-refractivity contribution in [3.63, 3.8) is 0 Å². The molecule has 1 heterocycles. The number of anilines is 2. The molecule has 0 atom stereocenters. The SMILES string of the molecule is CCN(C)c1ccccc1NS(=O)(=O)c1sccc1OC. The molecule has 2 rings (SSSR count). The van der Waals surface area contributed by atoms with E-state index in [1.54, 1.807) is 23.6 Å². The molecule has 0 fully saturated rings. The molecular weight excluding hydrogens is 308 g/mol. The molecule has 7 heteroatoms. The number of para-hydroxylation sites is 2. The van der Waals surface area contributed by atoms with Gasteiger partial charge in [-0.25, -0.2) is 8.42 Å². The van der Waals surface area contributed by atoms with Crippen LogP contribution in [0.5, 0.6) is 5.75 Å². The molecule has 0 amide bonds. The smallest absolute Gasteiger partial charge is 0.275 e. The standard InChI is InChI=1S/C14H18N2O3S2/c1-4-16(2)12-8-6-5-7-11(12)15-21(17,18)14-13(19-3)9-10-20-14/h5-10,15H,4H2,1-3H3. The van der Waals surface area contributed by atoms with Gasteiger partial charge in [0.25, 0.3) is 10.0 Å². The van der Waals surface area contributed by atoms with Crippen LogP contribution in [0.2, 0.25) is 0 Å². The Morgan fingerprint density at radius 3 is 2.67 bits per heavy atom. The van der Waals surface area contributed by atoms with Crippen molar-refractivity contribution in [2.45, 2.75) is 11.1 Å². The molecule has 0 aliphatic rings. The number of thiophene rings is 1. The van der Waals surface area contributed by atoms with E-state index in [1.807, 2.05) is 31.0 Å². The number of benzene rings is 1. The Labute approximate surface area is 129 Å². The quantitative estimate of drug-likeness (QED) is 0.886. The molecule has 0 aliphatic carbocycles. The Bertz CT molecular complexity index is 711. The maximum atomic E-state index is 12.5. The Balaban J connectivity index is 2.38. The summed E-state index contributed by atoms with van der Waals surface area (Å²) in [5.74, 6) is 0.355. The normalized spacial score (nSPS) is 11.2. The first-order chi connectivity index (χ1) is 9.99. The summed E-state index contributed by atoms with van der Waals surface area (Å²) in [6.45, 7) is 2.79. The van der Waals surface area contributed by atoms with Crippen molar-refractivity contribution in [3.05, 3.63) is 35.7 Å². The number of methoxy groups -OCH3 is 1. The van der Waals surface area contributed by atoms with Crippen molar-refractivity contribution in [2.24, 2.45) is 0 Å². The van der Waals surface area contributed by atoms with Crippen LogP contribution < -0.4 is 14.4 Å². The number of hydrogen-bond acceptors (Lipinski definition) is 5. The molecule has 2 aromatic rings. The Morgan fingerprint density at radius 2 is 2.00 bits per heavy atom. The van der Waals surface area contributed by atoms with Crippen LogP contribution in [0.4, 0.5) is 11.4 Å². The van der Waals surface area contributed by atoms with Gasteiger partial charge in [-0.2, -0.15) is 0 Å². The van der Waals surface area contributed by atoms with E-state index >= 15 is 0 Å². The first-order valence-corrected chi connectivity index (χ1v) is 8.80. The number of nitrogens with one attached hydrogen (secondary N) is 1. The van der Waals surface area contributed by atoms with Crippen molar-refractivity contribution < 1.29 is 13.2 Å². The van der Waals surface area contributed by atoms with Crippen LogP contribution in [0.25, 0.3) is 0 Å². The molecule has 1 N–H and O–H groups in total. The molecule has 1 aromatic heterocycles. The highest BCUT2D eigenvalue weighted by Gasteiger charge is 2.22. The van der Waals surface area contributed by atoms with Gasteiger partial charge >= 0.3 is 0 Å². The average Bonchev–Trinajstić information content (AvgIpc) is 2.96. The van der Waals surface area contributed by atoms with Crippen LogP contribution in [0.3, 0.4) is 0 Å². The topological polar surface area (TPSA) is 58.6 Å². The lowest BCUT2D eigenvalue weighted by atomic mass is 10.2. The Morgan fingerprint density at radius 1 is 1.29 bits per heavy atom. The van der Waals surface area contributed by atoms with Crippen LogP contribution in [-0.2, 0) is 10.0 Å². The summed E-state index contributed by atoms with van der Waals surface area (Å²) in [6, 6.07) is 8.96. The number of sulfonamides is 1. The van der Waals surface area contributed by atoms with Crippen molar-refractivity contribution in [1.82, 2.24) is 0 Å². The van der Waals surface area contributed by atoms with Gasteiger partial charge in [-0.1, -0.05) is 12.1 Å². The predicted molar refractivity (Wildman–Crippen MR) is 87.1 cm³/mol. The first kappa shape index (κ1) is 15.7. The van der Waals surface area contributed by atoms with Crippen molar-refractivity contribution in [2.75, 3.05) is 30.3 Å². The van der Waals surface area contributed by atoms with Crippen LogP contribution in [-0.4, -0.2) is 29.1 Å². The fraction of sp³-hybridized carbons (Fsp3) is 0.286. The summed E-state index contributed by atoms with van der Waals surface area (Å²) in [4.78, 5) is 1.98. The van der Waals surface area contributed by atoms with Crippen LogP contribution in [0, 0.1) is 0 Å². The molecule has 0 radical (unpaired) electrons. The zero-order chi connectivity index (χ0) is 15.5. The lowest BCUT2D eigenvalue weighted by Gasteiger charge is -2.21. The van der Waals surface area contributed by atoms with Crippen molar-refractivity contribution in [3.8, 4) is 5.75 Å². The van der Waals surface area contributed by atoms with Crippen molar-refractivity contribution >= 4 is 32.7 Å². The van der Waals surface area contributed by atoms with E-state index < -0.39 is 10.0 Å². The number of nitrogens with zero attached hydrogens (tertiary/aromatic N) is 1. The summed E-state index contributed by atoms with van der Waals surface area (Å²) >= 11 is 1.13. The van der Waals surface area contributed by atoms with E-state index in [1.165, 1.54) is 7.11 Å². The zero-order valence-corrected chi connectivity index (χ0v) is 13.8. The molecule has 0 saturated carbocycles. The van der Waals surface area contributed by atoms with E-state index in [0.29, 0.717) is 11.4 Å². The minimum atomic E-state index is -3.66. The Hall–Kier alpha value is -1.73. The monoisotopic (exact) mass is 326 g/mol. The first-order valence-electron chi connectivity index (χ1n) is 6.44. The fourth-order valence-corrected chi connectivity index (χ4v) is 4.24. The highest BCUT2D eigenvalue weighted by Crippen LogP contribution is 2.33. The highest BCUT2D eigenvalue weighted by atomic mass is 32.2. The van der Waals surface area contributed by atoms with Crippen LogP contribution in [0.15, 0.2) is 39.9 Å². The number of ether oxygens (including phenoxy) is 1. The van der Waals surface area contributed by atoms with Gasteiger partial charge in [-0.15, -0.1) is 11.3 Å². The van der Waals surface area contributed by atoms with E-state index in [9.17, 15) is 8.42 Å². The van der Waals surface area contributed by atoms with Gasteiger partial charge in [-0.3, -0.25) is 4.72 Å². The van der Waals surface area contributed by atoms with Crippen LogP contribution in [0.1, 0.15) is 6.92 Å². The van der Waals surface area contributed by atoms with Gasteiger partial charge in [-0.05, 0) is 30.5 Å². The molecule has 0 bridgehead atoms. The minimum absolute atomic E-state index is 0.180. The molecule has 0 unspecified atom stereocenters. The third kappa shape index (κ3) is 3.30. The lowest BCUT2D eigenvalue weighted by Crippen LogP contribution is -2.20. The van der Waals surface area contributed by atoms with Gasteiger partial charge in [0, 0.05) is 13.6 Å². The average molecular weight is 326 g/mol. The van der Waals surface area contributed by atoms with Crippen molar-refractivity contribution in [1.29, 1.82) is 0 Å².